The van der Waals surface area contributed by atoms with Crippen LogP contribution >= 0.6 is 0 Å². The maximum Gasteiger partial charge on any atom is 0.331 e. The topological polar surface area (TPSA) is 40.5 Å². The monoisotopic (exact) mass is 269 g/mol. The number of carboxylic acid groups (broad SMARTS) is 1. The van der Waals surface area contributed by atoms with Crippen LogP contribution in [0.4, 0.5) is 0 Å². The largest absolute Gasteiger partial charge is 0.478 e. The van der Waals surface area contributed by atoms with Crippen molar-refractivity contribution in [2.45, 2.75) is 72.3 Å². The zero-order valence-electron chi connectivity index (χ0n) is 13.1. The van der Waals surface area contributed by atoms with Gasteiger partial charge in [0.2, 0.25) is 0 Å². The van der Waals surface area contributed by atoms with Crippen LogP contribution in [0.15, 0.2) is 11.6 Å². The van der Waals surface area contributed by atoms with Gasteiger partial charge in [-0.3, -0.25) is 4.90 Å². The summed E-state index contributed by atoms with van der Waals surface area (Å²) in [5.74, 6) is -0.811. The molecule has 0 saturated carbocycles. The molecule has 0 spiro atoms. The van der Waals surface area contributed by atoms with Crippen molar-refractivity contribution in [3.05, 3.63) is 11.6 Å². The molecule has 3 heteroatoms. The average molecular weight is 269 g/mol. The molecule has 0 radical (unpaired) electrons. The van der Waals surface area contributed by atoms with Gasteiger partial charge in [-0.1, -0.05) is 45.6 Å². The van der Waals surface area contributed by atoms with E-state index in [0.717, 1.165) is 13.1 Å². The van der Waals surface area contributed by atoms with Crippen LogP contribution in [0.1, 0.15) is 66.2 Å². The van der Waals surface area contributed by atoms with E-state index in [2.05, 4.69) is 25.7 Å². The minimum absolute atomic E-state index is 0.213. The molecule has 0 rings (SSSR count). The maximum absolute atomic E-state index is 10.9. The maximum atomic E-state index is 10.9. The Kier molecular flexibility index (Phi) is 10.6. The van der Waals surface area contributed by atoms with Crippen LogP contribution < -0.4 is 0 Å². The quantitative estimate of drug-likeness (QED) is 0.454. The fourth-order valence-corrected chi connectivity index (χ4v) is 2.19. The molecule has 0 aliphatic heterocycles. The van der Waals surface area contributed by atoms with E-state index in [-0.39, 0.29) is 6.04 Å². The molecule has 1 N–H and O–H groups in total. The number of nitrogens with zero attached hydrogens (tertiary/aromatic N) is 1. The second kappa shape index (κ2) is 11.0. The zero-order valence-corrected chi connectivity index (χ0v) is 13.1. The van der Waals surface area contributed by atoms with Gasteiger partial charge in [-0.25, -0.2) is 4.79 Å². The SMILES string of the molecule is CCCCCN(CCCCC)C(C)C=C(C)C(=O)O. The molecule has 0 bridgehead atoms. The minimum Gasteiger partial charge on any atom is -0.478 e. The molecule has 3 nitrogen and oxygen atoms in total. The van der Waals surface area contributed by atoms with E-state index in [9.17, 15) is 4.79 Å². The molecule has 0 heterocycles. The van der Waals surface area contributed by atoms with Crippen LogP contribution in [0.2, 0.25) is 0 Å². The number of hydrogen-bond donors (Lipinski definition) is 1. The van der Waals surface area contributed by atoms with Crippen LogP contribution in [-0.2, 0) is 4.79 Å². The van der Waals surface area contributed by atoms with E-state index in [1.54, 1.807) is 6.92 Å². The molecule has 112 valence electrons. The molecule has 0 saturated heterocycles. The molecule has 0 aromatic rings. The summed E-state index contributed by atoms with van der Waals surface area (Å²) in [7, 11) is 0. The van der Waals surface area contributed by atoms with E-state index in [4.69, 9.17) is 5.11 Å². The van der Waals surface area contributed by atoms with Gasteiger partial charge in [-0.2, -0.15) is 0 Å². The van der Waals surface area contributed by atoms with Gasteiger partial charge in [-0.05, 0) is 39.8 Å². The third kappa shape index (κ3) is 8.82. The van der Waals surface area contributed by atoms with Gasteiger partial charge in [-0.15, -0.1) is 0 Å². The Morgan fingerprint density at radius 3 is 1.95 bits per heavy atom. The van der Waals surface area contributed by atoms with Crippen molar-refractivity contribution in [1.82, 2.24) is 4.90 Å². The first-order valence-corrected chi connectivity index (χ1v) is 7.68. The van der Waals surface area contributed by atoms with Crippen molar-refractivity contribution in [2.75, 3.05) is 13.1 Å². The van der Waals surface area contributed by atoms with Crippen LogP contribution in [0, 0.1) is 0 Å². The summed E-state index contributed by atoms with van der Waals surface area (Å²) < 4.78 is 0. The summed E-state index contributed by atoms with van der Waals surface area (Å²) in [6, 6.07) is 0.213. The van der Waals surface area contributed by atoms with Crippen molar-refractivity contribution >= 4 is 5.97 Å². The number of rotatable bonds is 11. The van der Waals surface area contributed by atoms with Gasteiger partial charge in [0.05, 0.1) is 0 Å². The molecular formula is C16H31NO2. The average Bonchev–Trinajstić information content (AvgIpc) is 2.37. The third-order valence-corrected chi connectivity index (χ3v) is 3.50. The van der Waals surface area contributed by atoms with Crippen LogP contribution in [0.3, 0.4) is 0 Å². The van der Waals surface area contributed by atoms with Crippen LogP contribution in [0.5, 0.6) is 0 Å². The van der Waals surface area contributed by atoms with Crippen molar-refractivity contribution in [3.63, 3.8) is 0 Å². The van der Waals surface area contributed by atoms with Crippen LogP contribution in [-0.4, -0.2) is 35.1 Å². The molecule has 0 fully saturated rings. The molecule has 0 aliphatic rings. The first-order chi connectivity index (χ1) is 9.02. The van der Waals surface area contributed by atoms with Gasteiger partial charge >= 0.3 is 5.97 Å². The Morgan fingerprint density at radius 1 is 1.11 bits per heavy atom. The second-order valence-electron chi connectivity index (χ2n) is 5.35. The summed E-state index contributed by atoms with van der Waals surface area (Å²) >= 11 is 0. The molecule has 0 aromatic heterocycles. The van der Waals surface area contributed by atoms with Gasteiger partial charge in [0.1, 0.15) is 0 Å². The van der Waals surface area contributed by atoms with Gasteiger partial charge < -0.3 is 5.11 Å². The van der Waals surface area contributed by atoms with E-state index >= 15 is 0 Å². The predicted octanol–water partition coefficient (Wildman–Crippen LogP) is 4.09. The highest BCUT2D eigenvalue weighted by atomic mass is 16.4. The second-order valence-corrected chi connectivity index (χ2v) is 5.35. The lowest BCUT2D eigenvalue weighted by molar-refractivity contribution is -0.132. The Hall–Kier alpha value is -0.830. The molecule has 0 aliphatic carbocycles. The molecular weight excluding hydrogens is 238 g/mol. The molecule has 19 heavy (non-hydrogen) atoms. The van der Waals surface area contributed by atoms with Gasteiger partial charge in [0.25, 0.3) is 0 Å². The van der Waals surface area contributed by atoms with Gasteiger partial charge in [0.15, 0.2) is 0 Å². The van der Waals surface area contributed by atoms with E-state index in [1.807, 2.05) is 6.08 Å². The van der Waals surface area contributed by atoms with E-state index in [0.29, 0.717) is 5.57 Å². The summed E-state index contributed by atoms with van der Waals surface area (Å²) in [5, 5.41) is 8.95. The fraction of sp³-hybridized carbons (Fsp3) is 0.812. The number of carbonyl (C=O) groups is 1. The molecule has 0 amide bonds. The number of aliphatic carboxylic acids is 1. The number of unbranched alkanes of at least 4 members (excludes halogenated alkanes) is 4. The highest BCUT2D eigenvalue weighted by molar-refractivity contribution is 5.85. The smallest absolute Gasteiger partial charge is 0.331 e. The normalized spacial score (nSPS) is 13.8. The van der Waals surface area contributed by atoms with Crippen molar-refractivity contribution in [3.8, 4) is 0 Å². The predicted molar refractivity (Wildman–Crippen MR) is 81.5 cm³/mol. The lowest BCUT2D eigenvalue weighted by atomic mass is 10.1. The zero-order chi connectivity index (χ0) is 14.7. The summed E-state index contributed by atoms with van der Waals surface area (Å²) in [6.45, 7) is 10.3. The number of carboxylic acids is 1. The molecule has 1 unspecified atom stereocenters. The first-order valence-electron chi connectivity index (χ1n) is 7.68. The minimum atomic E-state index is -0.811. The van der Waals surface area contributed by atoms with Crippen molar-refractivity contribution in [1.29, 1.82) is 0 Å². The third-order valence-electron chi connectivity index (χ3n) is 3.50. The van der Waals surface area contributed by atoms with Gasteiger partial charge in [0, 0.05) is 11.6 Å². The fourth-order valence-electron chi connectivity index (χ4n) is 2.19. The Bertz CT molecular complexity index is 264. The highest BCUT2D eigenvalue weighted by Gasteiger charge is 2.12. The lowest BCUT2D eigenvalue weighted by Crippen LogP contribution is -2.34. The summed E-state index contributed by atoms with van der Waals surface area (Å²) in [6.07, 6.45) is 9.22. The first kappa shape index (κ1) is 18.2. The summed E-state index contributed by atoms with van der Waals surface area (Å²) in [4.78, 5) is 13.3. The van der Waals surface area contributed by atoms with E-state index < -0.39 is 5.97 Å². The lowest BCUT2D eigenvalue weighted by Gasteiger charge is -2.27. The highest BCUT2D eigenvalue weighted by Crippen LogP contribution is 2.10. The Labute approximate surface area is 118 Å². The molecule has 1 atom stereocenters. The Morgan fingerprint density at radius 2 is 1.58 bits per heavy atom. The molecule has 0 aromatic carbocycles. The Balaban J connectivity index is 4.42. The van der Waals surface area contributed by atoms with Crippen molar-refractivity contribution < 1.29 is 9.90 Å². The van der Waals surface area contributed by atoms with Crippen molar-refractivity contribution in [2.24, 2.45) is 0 Å². The van der Waals surface area contributed by atoms with E-state index in [1.165, 1.54) is 38.5 Å². The van der Waals surface area contributed by atoms with Crippen LogP contribution in [0.25, 0.3) is 0 Å². The summed E-state index contributed by atoms with van der Waals surface area (Å²) in [5.41, 5.74) is 0.448. The number of hydrogen-bond acceptors (Lipinski definition) is 2. The standard InChI is InChI=1S/C16H31NO2/c1-5-7-9-11-17(12-10-8-6-2)15(4)13-14(3)16(18)19/h13,15H,5-12H2,1-4H3,(H,18,19).